The average Bonchev–Trinajstić information content (AvgIpc) is 2.59. The maximum Gasteiger partial charge on any atom is 0.407 e. The predicted octanol–water partition coefficient (Wildman–Crippen LogP) is 1.36. The lowest BCUT2D eigenvalue weighted by Gasteiger charge is -2.19. The first-order valence-corrected chi connectivity index (χ1v) is 9.48. The van der Waals surface area contributed by atoms with Crippen LogP contribution in [-0.4, -0.2) is 61.6 Å². The topological polar surface area (TPSA) is 109 Å². The summed E-state index contributed by atoms with van der Waals surface area (Å²) in [4.78, 5) is 23.2. The van der Waals surface area contributed by atoms with Crippen LogP contribution in [0.5, 0.6) is 5.75 Å². The van der Waals surface area contributed by atoms with E-state index in [0.29, 0.717) is 19.6 Å². The summed E-state index contributed by atoms with van der Waals surface area (Å²) >= 11 is 0. The highest BCUT2D eigenvalue weighted by atomic mass is 16.6. The molecule has 0 radical (unpaired) electrons. The Morgan fingerprint density at radius 1 is 1.11 bits per heavy atom. The number of benzene rings is 1. The molecule has 2 amide bonds. The van der Waals surface area contributed by atoms with Crippen LogP contribution in [0.4, 0.5) is 4.79 Å². The van der Waals surface area contributed by atoms with Crippen molar-refractivity contribution < 1.29 is 24.2 Å². The van der Waals surface area contributed by atoms with E-state index in [1.54, 1.807) is 20.8 Å². The fourth-order valence-electron chi connectivity index (χ4n) is 2.20. The molecule has 0 saturated heterocycles. The summed E-state index contributed by atoms with van der Waals surface area (Å²) in [5.74, 6) is 0.593. The van der Waals surface area contributed by atoms with Crippen molar-refractivity contribution in [3.63, 3.8) is 0 Å². The molecule has 0 heterocycles. The minimum atomic E-state index is -0.645. The molecule has 0 spiro atoms. The molecular weight excluding hydrogens is 362 g/mol. The molecule has 1 unspecified atom stereocenters. The van der Waals surface area contributed by atoms with Gasteiger partial charge in [0.25, 0.3) is 0 Å². The molecule has 8 nitrogen and oxygen atoms in total. The van der Waals surface area contributed by atoms with Crippen LogP contribution in [0.3, 0.4) is 0 Å². The highest BCUT2D eigenvalue weighted by Crippen LogP contribution is 2.16. The minimum absolute atomic E-state index is 0.165. The summed E-state index contributed by atoms with van der Waals surface area (Å²) < 4.78 is 10.7. The number of aliphatic hydroxyl groups is 1. The van der Waals surface area contributed by atoms with Crippen molar-refractivity contribution in [2.24, 2.45) is 0 Å². The third kappa shape index (κ3) is 11.4. The smallest absolute Gasteiger partial charge is 0.407 e. The maximum absolute atomic E-state index is 11.7. The number of nitrogens with one attached hydrogen (secondary N) is 3. The fraction of sp³-hybridized carbons (Fsp3) is 0.600. The maximum atomic E-state index is 11.7. The zero-order valence-electron chi connectivity index (χ0n) is 17.2. The van der Waals surface area contributed by atoms with E-state index in [-0.39, 0.29) is 25.5 Å². The first kappa shape index (κ1) is 23.7. The number of alkyl carbamates (subject to hydrolysis) is 1. The molecule has 1 rings (SSSR count). The Bertz CT molecular complexity index is 616. The van der Waals surface area contributed by atoms with Gasteiger partial charge in [-0.25, -0.2) is 4.79 Å². The van der Waals surface area contributed by atoms with Gasteiger partial charge in [0.1, 0.15) is 24.1 Å². The van der Waals surface area contributed by atoms with Crippen LogP contribution in [0, 0.1) is 6.92 Å². The molecule has 158 valence electrons. The van der Waals surface area contributed by atoms with Crippen LogP contribution in [0.1, 0.15) is 32.8 Å². The number of hydrogen-bond acceptors (Lipinski definition) is 6. The van der Waals surface area contributed by atoms with Crippen molar-refractivity contribution >= 4 is 12.0 Å². The standard InChI is InChI=1S/C20H33N3O5/c1-15-7-5-6-8-17(15)27-14-16(24)13-21-11-12-22-18(25)9-10-23-19(26)28-20(2,3)4/h5-8,16,21,24H,9-14H2,1-4H3,(H,22,25)(H,23,26). The number of para-hydroxylation sites is 1. The number of aliphatic hydroxyl groups excluding tert-OH is 1. The molecule has 0 aliphatic heterocycles. The van der Waals surface area contributed by atoms with Crippen molar-refractivity contribution in [3.05, 3.63) is 29.8 Å². The zero-order chi connectivity index (χ0) is 21.0. The first-order valence-electron chi connectivity index (χ1n) is 9.48. The molecule has 0 bridgehead atoms. The first-order chi connectivity index (χ1) is 13.2. The van der Waals surface area contributed by atoms with Crippen molar-refractivity contribution in [1.29, 1.82) is 0 Å². The van der Waals surface area contributed by atoms with E-state index in [9.17, 15) is 14.7 Å². The van der Waals surface area contributed by atoms with E-state index >= 15 is 0 Å². The number of rotatable bonds is 11. The van der Waals surface area contributed by atoms with Crippen LogP contribution in [0.25, 0.3) is 0 Å². The largest absolute Gasteiger partial charge is 0.491 e. The van der Waals surface area contributed by atoms with E-state index in [1.807, 2.05) is 31.2 Å². The zero-order valence-corrected chi connectivity index (χ0v) is 17.2. The van der Waals surface area contributed by atoms with Gasteiger partial charge in [-0.2, -0.15) is 0 Å². The second-order valence-corrected chi connectivity index (χ2v) is 7.46. The Hall–Kier alpha value is -2.32. The number of aryl methyl sites for hydroxylation is 1. The summed E-state index contributed by atoms with van der Waals surface area (Å²) in [6.07, 6.45) is -1.01. The lowest BCUT2D eigenvalue weighted by molar-refractivity contribution is -0.120. The van der Waals surface area contributed by atoms with Crippen LogP contribution >= 0.6 is 0 Å². The van der Waals surface area contributed by atoms with Gasteiger partial charge in [-0.1, -0.05) is 18.2 Å². The molecule has 8 heteroatoms. The summed E-state index contributed by atoms with van der Waals surface area (Å²) in [5.41, 5.74) is 0.458. The Morgan fingerprint density at radius 2 is 1.82 bits per heavy atom. The van der Waals surface area contributed by atoms with E-state index < -0.39 is 17.8 Å². The van der Waals surface area contributed by atoms with Gasteiger partial charge in [-0.15, -0.1) is 0 Å². The summed E-state index contributed by atoms with van der Waals surface area (Å²) in [6.45, 7) is 8.99. The van der Waals surface area contributed by atoms with Crippen LogP contribution < -0.4 is 20.7 Å². The normalized spacial score (nSPS) is 12.2. The van der Waals surface area contributed by atoms with Gasteiger partial charge in [0.2, 0.25) is 5.91 Å². The number of carbonyl (C=O) groups excluding carboxylic acids is 2. The van der Waals surface area contributed by atoms with Crippen molar-refractivity contribution in [1.82, 2.24) is 16.0 Å². The minimum Gasteiger partial charge on any atom is -0.491 e. The van der Waals surface area contributed by atoms with E-state index in [4.69, 9.17) is 9.47 Å². The van der Waals surface area contributed by atoms with Gasteiger partial charge in [0.05, 0.1) is 0 Å². The molecule has 28 heavy (non-hydrogen) atoms. The lowest BCUT2D eigenvalue weighted by Crippen LogP contribution is -2.38. The molecular formula is C20H33N3O5. The van der Waals surface area contributed by atoms with Gasteiger partial charge >= 0.3 is 6.09 Å². The highest BCUT2D eigenvalue weighted by Gasteiger charge is 2.15. The summed E-state index contributed by atoms with van der Waals surface area (Å²) in [7, 11) is 0. The van der Waals surface area contributed by atoms with E-state index in [0.717, 1.165) is 11.3 Å². The second-order valence-electron chi connectivity index (χ2n) is 7.46. The van der Waals surface area contributed by atoms with Crippen molar-refractivity contribution in [2.75, 3.05) is 32.8 Å². The Balaban J connectivity index is 2.03. The SMILES string of the molecule is Cc1ccccc1OCC(O)CNCCNC(=O)CCNC(=O)OC(C)(C)C. The van der Waals surface area contributed by atoms with Crippen LogP contribution in [0.15, 0.2) is 24.3 Å². The predicted molar refractivity (Wildman–Crippen MR) is 107 cm³/mol. The average molecular weight is 396 g/mol. The fourth-order valence-corrected chi connectivity index (χ4v) is 2.20. The number of carbonyl (C=O) groups is 2. The van der Waals surface area contributed by atoms with Crippen LogP contribution in [0.2, 0.25) is 0 Å². The molecule has 0 saturated carbocycles. The Labute approximate surface area is 167 Å². The molecule has 4 N–H and O–H groups in total. The van der Waals surface area contributed by atoms with Gasteiger partial charge < -0.3 is 30.5 Å². The molecule has 0 fully saturated rings. The second kappa shape index (κ2) is 12.2. The third-order valence-corrected chi connectivity index (χ3v) is 3.55. The van der Waals surface area contributed by atoms with Gasteiger partial charge in [-0.3, -0.25) is 4.79 Å². The van der Waals surface area contributed by atoms with E-state index in [1.165, 1.54) is 0 Å². The summed E-state index contributed by atoms with van der Waals surface area (Å²) in [6, 6.07) is 7.63. The summed E-state index contributed by atoms with van der Waals surface area (Å²) in [5, 5.41) is 18.3. The number of amides is 2. The number of ether oxygens (including phenoxy) is 2. The molecule has 0 aliphatic rings. The monoisotopic (exact) mass is 395 g/mol. The van der Waals surface area contributed by atoms with E-state index in [2.05, 4.69) is 16.0 Å². The molecule has 1 aromatic rings. The number of hydrogen-bond donors (Lipinski definition) is 4. The van der Waals surface area contributed by atoms with Gasteiger partial charge in [0, 0.05) is 32.6 Å². The Morgan fingerprint density at radius 3 is 2.50 bits per heavy atom. The molecule has 0 aliphatic carbocycles. The van der Waals surface area contributed by atoms with Crippen molar-refractivity contribution in [2.45, 2.75) is 45.8 Å². The van der Waals surface area contributed by atoms with Gasteiger partial charge in [0.15, 0.2) is 0 Å². The lowest BCUT2D eigenvalue weighted by atomic mass is 10.2. The molecule has 1 aromatic carbocycles. The third-order valence-electron chi connectivity index (χ3n) is 3.55. The molecule has 0 aromatic heterocycles. The van der Waals surface area contributed by atoms with Gasteiger partial charge in [-0.05, 0) is 39.3 Å². The molecule has 1 atom stereocenters. The highest BCUT2D eigenvalue weighted by molar-refractivity contribution is 5.77. The quantitative estimate of drug-likeness (QED) is 0.421. The van der Waals surface area contributed by atoms with Crippen molar-refractivity contribution in [3.8, 4) is 5.75 Å². The Kier molecular flexibility index (Phi) is 10.3. The van der Waals surface area contributed by atoms with Crippen LogP contribution in [-0.2, 0) is 9.53 Å².